The van der Waals surface area contributed by atoms with Gasteiger partial charge in [0.1, 0.15) is 0 Å². The monoisotopic (exact) mass is 276 g/mol. The van der Waals surface area contributed by atoms with E-state index in [2.05, 4.69) is 22.5 Å². The topological polar surface area (TPSA) is 74.3 Å². The summed E-state index contributed by atoms with van der Waals surface area (Å²) in [7, 11) is 0. The molecule has 2 heterocycles. The molecule has 6 heteroatoms. The van der Waals surface area contributed by atoms with Gasteiger partial charge in [-0.3, -0.25) is 14.6 Å². The fourth-order valence-corrected chi connectivity index (χ4v) is 2.13. The summed E-state index contributed by atoms with van der Waals surface area (Å²) < 4.78 is 0. The molecule has 1 fully saturated rings. The first kappa shape index (κ1) is 14.3. The molecule has 1 aromatic rings. The Morgan fingerprint density at radius 3 is 3.20 bits per heavy atom. The average molecular weight is 276 g/mol. The number of aromatic nitrogens is 1. The summed E-state index contributed by atoms with van der Waals surface area (Å²) in [6.07, 6.45) is 4.96. The Morgan fingerprint density at radius 1 is 1.55 bits per heavy atom. The van der Waals surface area contributed by atoms with Crippen LogP contribution in [0.15, 0.2) is 18.5 Å². The Kier molecular flexibility index (Phi) is 4.92. The Hall–Kier alpha value is -2.11. The molecule has 1 saturated heterocycles. The van der Waals surface area contributed by atoms with Crippen LogP contribution in [0.4, 0.5) is 5.69 Å². The first-order valence-electron chi connectivity index (χ1n) is 6.96. The molecule has 0 aromatic carbocycles. The molecule has 1 aromatic heterocycles. The van der Waals surface area contributed by atoms with Crippen LogP contribution in [0.1, 0.15) is 30.1 Å². The number of nitrogens with zero attached hydrogens (tertiary/aromatic N) is 2. The van der Waals surface area contributed by atoms with Gasteiger partial charge in [-0.1, -0.05) is 6.92 Å². The number of rotatable bonds is 4. The van der Waals surface area contributed by atoms with Crippen LogP contribution in [0.25, 0.3) is 0 Å². The second kappa shape index (κ2) is 6.88. The van der Waals surface area contributed by atoms with Gasteiger partial charge < -0.3 is 15.5 Å². The van der Waals surface area contributed by atoms with Gasteiger partial charge >= 0.3 is 0 Å². The lowest BCUT2D eigenvalue weighted by molar-refractivity contribution is -0.121. The van der Waals surface area contributed by atoms with E-state index in [1.807, 2.05) is 0 Å². The van der Waals surface area contributed by atoms with Crippen molar-refractivity contribution >= 4 is 17.5 Å². The molecule has 20 heavy (non-hydrogen) atoms. The van der Waals surface area contributed by atoms with Gasteiger partial charge in [0, 0.05) is 32.0 Å². The van der Waals surface area contributed by atoms with E-state index in [9.17, 15) is 9.59 Å². The molecule has 0 saturated carbocycles. The molecule has 0 atom stereocenters. The molecule has 1 aliphatic heterocycles. The predicted octanol–water partition coefficient (Wildman–Crippen LogP) is 0.866. The molecule has 2 N–H and O–H groups in total. The zero-order chi connectivity index (χ0) is 14.4. The maximum Gasteiger partial charge on any atom is 0.257 e. The minimum atomic E-state index is -0.145. The zero-order valence-corrected chi connectivity index (χ0v) is 11.7. The first-order valence-corrected chi connectivity index (χ1v) is 6.96. The van der Waals surface area contributed by atoms with Gasteiger partial charge in [0.2, 0.25) is 5.91 Å². The van der Waals surface area contributed by atoms with Crippen LogP contribution in [0.3, 0.4) is 0 Å². The van der Waals surface area contributed by atoms with E-state index in [1.54, 1.807) is 23.4 Å². The minimum absolute atomic E-state index is 0.109. The molecule has 1 aliphatic rings. The molecule has 0 unspecified atom stereocenters. The molecule has 2 rings (SSSR count). The van der Waals surface area contributed by atoms with Crippen molar-refractivity contribution in [3.63, 3.8) is 0 Å². The van der Waals surface area contributed by atoms with Gasteiger partial charge in [0.25, 0.3) is 5.91 Å². The summed E-state index contributed by atoms with van der Waals surface area (Å²) in [5.41, 5.74) is 1.30. The molecule has 0 spiro atoms. The van der Waals surface area contributed by atoms with Gasteiger partial charge in [0.15, 0.2) is 0 Å². The number of hydrogen-bond acceptors (Lipinski definition) is 4. The predicted molar refractivity (Wildman–Crippen MR) is 76.5 cm³/mol. The van der Waals surface area contributed by atoms with Crippen LogP contribution < -0.4 is 10.6 Å². The number of carbonyl (C=O) groups is 2. The highest BCUT2D eigenvalue weighted by Gasteiger charge is 2.23. The van der Waals surface area contributed by atoms with Crippen LogP contribution in [0.2, 0.25) is 0 Å². The van der Waals surface area contributed by atoms with E-state index < -0.39 is 0 Å². The van der Waals surface area contributed by atoms with Crippen LogP contribution in [-0.4, -0.2) is 47.9 Å². The lowest BCUT2D eigenvalue weighted by Crippen LogP contribution is -2.37. The van der Waals surface area contributed by atoms with Crippen molar-refractivity contribution in [3.8, 4) is 0 Å². The van der Waals surface area contributed by atoms with Gasteiger partial charge in [-0.05, 0) is 18.9 Å². The van der Waals surface area contributed by atoms with Gasteiger partial charge in [-0.15, -0.1) is 0 Å². The van der Waals surface area contributed by atoms with Crippen molar-refractivity contribution in [3.05, 3.63) is 24.0 Å². The van der Waals surface area contributed by atoms with Crippen molar-refractivity contribution in [2.24, 2.45) is 0 Å². The molecule has 2 amide bonds. The second-order valence-corrected chi connectivity index (χ2v) is 4.78. The molecule has 0 aliphatic carbocycles. The number of carbonyl (C=O) groups excluding carboxylic acids is 2. The van der Waals surface area contributed by atoms with Crippen LogP contribution in [-0.2, 0) is 4.79 Å². The number of pyridine rings is 1. The van der Waals surface area contributed by atoms with Crippen LogP contribution >= 0.6 is 0 Å². The molecule has 0 radical (unpaired) electrons. The Labute approximate surface area is 118 Å². The van der Waals surface area contributed by atoms with E-state index in [0.29, 0.717) is 18.7 Å². The van der Waals surface area contributed by atoms with Crippen molar-refractivity contribution in [1.82, 2.24) is 15.2 Å². The third kappa shape index (κ3) is 3.46. The Morgan fingerprint density at radius 2 is 2.40 bits per heavy atom. The van der Waals surface area contributed by atoms with Crippen molar-refractivity contribution < 1.29 is 9.59 Å². The third-order valence-corrected chi connectivity index (χ3v) is 3.17. The van der Waals surface area contributed by atoms with E-state index >= 15 is 0 Å². The maximum absolute atomic E-state index is 12.5. The average Bonchev–Trinajstić information content (AvgIpc) is 2.69. The van der Waals surface area contributed by atoms with Crippen molar-refractivity contribution in [2.75, 3.05) is 31.5 Å². The van der Waals surface area contributed by atoms with E-state index in [1.165, 1.54) is 0 Å². The standard InChI is InChI=1S/C14H20N4O2/c1-2-5-16-12-4-7-15-9-11(12)14(20)18-8-3-6-17-13(19)10-18/h4,7,9H,2-3,5-6,8,10H2,1H3,(H,15,16)(H,17,19). The summed E-state index contributed by atoms with van der Waals surface area (Å²) >= 11 is 0. The maximum atomic E-state index is 12.5. The van der Waals surface area contributed by atoms with E-state index in [4.69, 9.17) is 0 Å². The highest BCUT2D eigenvalue weighted by molar-refractivity contribution is 6.00. The molecule has 108 valence electrons. The highest BCUT2D eigenvalue weighted by Crippen LogP contribution is 2.16. The lowest BCUT2D eigenvalue weighted by Gasteiger charge is -2.20. The zero-order valence-electron chi connectivity index (χ0n) is 11.7. The summed E-state index contributed by atoms with van der Waals surface area (Å²) in [4.78, 5) is 29.7. The van der Waals surface area contributed by atoms with Crippen LogP contribution in [0.5, 0.6) is 0 Å². The molecular formula is C14H20N4O2. The molecule has 0 bridgehead atoms. The van der Waals surface area contributed by atoms with Crippen molar-refractivity contribution in [2.45, 2.75) is 19.8 Å². The number of hydrogen-bond donors (Lipinski definition) is 2. The van der Waals surface area contributed by atoms with E-state index in [0.717, 1.165) is 25.1 Å². The molecule has 6 nitrogen and oxygen atoms in total. The number of amides is 2. The van der Waals surface area contributed by atoms with Gasteiger partial charge in [-0.2, -0.15) is 0 Å². The Bertz CT molecular complexity index is 490. The third-order valence-electron chi connectivity index (χ3n) is 3.17. The van der Waals surface area contributed by atoms with Gasteiger partial charge in [0.05, 0.1) is 17.8 Å². The smallest absolute Gasteiger partial charge is 0.257 e. The fourth-order valence-electron chi connectivity index (χ4n) is 2.13. The lowest BCUT2D eigenvalue weighted by atomic mass is 10.2. The second-order valence-electron chi connectivity index (χ2n) is 4.78. The summed E-state index contributed by atoms with van der Waals surface area (Å²) in [5.74, 6) is -0.253. The number of nitrogens with one attached hydrogen (secondary N) is 2. The Balaban J connectivity index is 2.17. The summed E-state index contributed by atoms with van der Waals surface area (Å²) in [5, 5.41) is 5.99. The molecular weight excluding hydrogens is 256 g/mol. The minimum Gasteiger partial charge on any atom is -0.384 e. The first-order chi connectivity index (χ1) is 9.72. The quantitative estimate of drug-likeness (QED) is 0.855. The SMILES string of the molecule is CCCNc1ccncc1C(=O)N1CCCNC(=O)C1. The summed E-state index contributed by atoms with van der Waals surface area (Å²) in [6, 6.07) is 1.79. The summed E-state index contributed by atoms with van der Waals surface area (Å²) in [6.45, 7) is 4.18. The van der Waals surface area contributed by atoms with Crippen LogP contribution in [0, 0.1) is 0 Å². The number of anilines is 1. The highest BCUT2D eigenvalue weighted by atomic mass is 16.2. The normalized spacial score (nSPS) is 15.4. The largest absolute Gasteiger partial charge is 0.384 e. The fraction of sp³-hybridized carbons (Fsp3) is 0.500. The van der Waals surface area contributed by atoms with Gasteiger partial charge in [-0.25, -0.2) is 0 Å². The van der Waals surface area contributed by atoms with Crippen molar-refractivity contribution in [1.29, 1.82) is 0 Å². The van der Waals surface area contributed by atoms with E-state index in [-0.39, 0.29) is 18.4 Å².